The van der Waals surface area contributed by atoms with Crippen LogP contribution in [0.1, 0.15) is 11.1 Å². The second-order valence-electron chi connectivity index (χ2n) is 4.99. The zero-order valence-corrected chi connectivity index (χ0v) is 13.7. The first kappa shape index (κ1) is 14.9. The van der Waals surface area contributed by atoms with Crippen molar-refractivity contribution in [3.05, 3.63) is 46.3 Å². The van der Waals surface area contributed by atoms with Gasteiger partial charge in [-0.25, -0.2) is 14.6 Å². The Bertz CT molecular complexity index is 784. The number of halogens is 1. The highest BCUT2D eigenvalue weighted by Crippen LogP contribution is 2.26. The molecule has 7 heteroatoms. The first-order valence-electron chi connectivity index (χ1n) is 6.95. The summed E-state index contributed by atoms with van der Waals surface area (Å²) in [6.45, 7) is 0.832. The van der Waals surface area contributed by atoms with Gasteiger partial charge >= 0.3 is 0 Å². The van der Waals surface area contributed by atoms with Crippen LogP contribution in [0.2, 0.25) is 0 Å². The highest BCUT2D eigenvalue weighted by Gasteiger charge is 2.12. The van der Waals surface area contributed by atoms with E-state index in [4.69, 9.17) is 5.11 Å². The fourth-order valence-electron chi connectivity index (χ4n) is 2.31. The summed E-state index contributed by atoms with van der Waals surface area (Å²) in [4.78, 5) is 8.54. The van der Waals surface area contributed by atoms with Crippen LogP contribution in [-0.4, -0.2) is 31.4 Å². The zero-order chi connectivity index (χ0) is 15.5. The molecular weight excluding hydrogens is 346 g/mol. The molecule has 0 saturated carbocycles. The molecule has 22 heavy (non-hydrogen) atoms. The van der Waals surface area contributed by atoms with Crippen LogP contribution in [0.5, 0.6) is 0 Å². The molecule has 0 spiro atoms. The van der Waals surface area contributed by atoms with E-state index in [0.717, 1.165) is 40.0 Å². The summed E-state index contributed by atoms with van der Waals surface area (Å²) in [7, 11) is 1.85. The van der Waals surface area contributed by atoms with E-state index in [-0.39, 0.29) is 6.61 Å². The molecule has 0 aliphatic carbocycles. The summed E-state index contributed by atoms with van der Waals surface area (Å²) in [5, 5.41) is 17.6. The van der Waals surface area contributed by atoms with Gasteiger partial charge in [0, 0.05) is 13.6 Å². The largest absolute Gasteiger partial charge is 0.392 e. The van der Waals surface area contributed by atoms with Crippen molar-refractivity contribution in [3.63, 3.8) is 0 Å². The Labute approximate surface area is 136 Å². The van der Waals surface area contributed by atoms with Gasteiger partial charge in [-0.1, -0.05) is 24.3 Å². The van der Waals surface area contributed by atoms with Crippen LogP contribution in [0.4, 0.5) is 5.82 Å². The SMILES string of the molecule is Cn1nc(Br)c2c(NCCc3ccc(CO)cc3)ncnc21. The molecular formula is C15H16BrN5O. The topological polar surface area (TPSA) is 75.9 Å². The Morgan fingerprint density at radius 1 is 1.18 bits per heavy atom. The van der Waals surface area contributed by atoms with E-state index in [1.54, 1.807) is 4.68 Å². The minimum Gasteiger partial charge on any atom is -0.392 e. The molecule has 2 heterocycles. The van der Waals surface area contributed by atoms with Crippen LogP contribution >= 0.6 is 15.9 Å². The lowest BCUT2D eigenvalue weighted by molar-refractivity contribution is 0.282. The van der Waals surface area contributed by atoms with Gasteiger partial charge in [0.1, 0.15) is 16.7 Å². The molecule has 0 bridgehead atoms. The van der Waals surface area contributed by atoms with Gasteiger partial charge < -0.3 is 10.4 Å². The Hall–Kier alpha value is -1.99. The molecule has 0 aliphatic heterocycles. The summed E-state index contributed by atoms with van der Waals surface area (Å²) >= 11 is 3.45. The first-order valence-corrected chi connectivity index (χ1v) is 7.74. The lowest BCUT2D eigenvalue weighted by Gasteiger charge is -2.07. The van der Waals surface area contributed by atoms with Crippen molar-refractivity contribution in [1.82, 2.24) is 19.7 Å². The van der Waals surface area contributed by atoms with E-state index < -0.39 is 0 Å². The molecule has 1 aromatic carbocycles. The third-order valence-electron chi connectivity index (χ3n) is 3.49. The molecule has 0 saturated heterocycles. The number of aliphatic hydroxyl groups excluding tert-OH is 1. The average Bonchev–Trinajstić information content (AvgIpc) is 2.84. The van der Waals surface area contributed by atoms with E-state index in [2.05, 4.69) is 36.3 Å². The van der Waals surface area contributed by atoms with Crippen LogP contribution in [0.15, 0.2) is 35.2 Å². The molecule has 0 radical (unpaired) electrons. The van der Waals surface area contributed by atoms with Gasteiger partial charge in [-0.05, 0) is 33.5 Å². The van der Waals surface area contributed by atoms with Crippen molar-refractivity contribution in [3.8, 4) is 0 Å². The molecule has 0 fully saturated rings. The van der Waals surface area contributed by atoms with Crippen molar-refractivity contribution >= 4 is 32.8 Å². The van der Waals surface area contributed by atoms with Crippen LogP contribution < -0.4 is 5.32 Å². The summed E-state index contributed by atoms with van der Waals surface area (Å²) < 4.78 is 2.46. The standard InChI is InChI=1S/C15H16BrN5O/c1-21-15-12(13(16)20-21)14(18-9-19-15)17-7-6-10-2-4-11(8-22)5-3-10/h2-5,9,22H,6-8H2,1H3,(H,17,18,19). The second-order valence-corrected chi connectivity index (χ2v) is 5.74. The maximum Gasteiger partial charge on any atom is 0.164 e. The molecule has 3 rings (SSSR count). The number of fused-ring (bicyclic) bond motifs is 1. The van der Waals surface area contributed by atoms with Gasteiger partial charge in [0.05, 0.1) is 12.0 Å². The second kappa shape index (κ2) is 6.41. The Morgan fingerprint density at radius 3 is 2.64 bits per heavy atom. The Balaban J connectivity index is 1.71. The number of hydrogen-bond acceptors (Lipinski definition) is 5. The number of nitrogens with one attached hydrogen (secondary N) is 1. The van der Waals surface area contributed by atoms with Crippen molar-refractivity contribution in [2.45, 2.75) is 13.0 Å². The van der Waals surface area contributed by atoms with E-state index in [9.17, 15) is 0 Å². The van der Waals surface area contributed by atoms with E-state index in [0.29, 0.717) is 0 Å². The van der Waals surface area contributed by atoms with Gasteiger partial charge in [-0.3, -0.25) is 0 Å². The smallest absolute Gasteiger partial charge is 0.164 e. The predicted molar refractivity (Wildman–Crippen MR) is 88.6 cm³/mol. The number of rotatable bonds is 5. The molecule has 0 aliphatic rings. The van der Waals surface area contributed by atoms with Crippen molar-refractivity contribution in [2.24, 2.45) is 7.05 Å². The van der Waals surface area contributed by atoms with Crippen molar-refractivity contribution in [1.29, 1.82) is 0 Å². The molecule has 0 amide bonds. The highest BCUT2D eigenvalue weighted by molar-refractivity contribution is 9.10. The molecule has 0 atom stereocenters. The fraction of sp³-hybridized carbons (Fsp3) is 0.267. The van der Waals surface area contributed by atoms with Crippen LogP contribution in [-0.2, 0) is 20.1 Å². The van der Waals surface area contributed by atoms with Gasteiger partial charge in [0.2, 0.25) is 0 Å². The molecule has 0 unspecified atom stereocenters. The van der Waals surface area contributed by atoms with Gasteiger partial charge in [-0.15, -0.1) is 0 Å². The fourth-order valence-corrected chi connectivity index (χ4v) is 2.91. The lowest BCUT2D eigenvalue weighted by atomic mass is 10.1. The third-order valence-corrected chi connectivity index (χ3v) is 4.04. The summed E-state index contributed by atoms with van der Waals surface area (Å²) in [5.41, 5.74) is 2.92. The molecule has 2 N–H and O–H groups in total. The minimum absolute atomic E-state index is 0.0759. The van der Waals surface area contributed by atoms with Gasteiger partial charge in [0.25, 0.3) is 0 Å². The minimum atomic E-state index is 0.0759. The van der Waals surface area contributed by atoms with E-state index >= 15 is 0 Å². The number of nitrogens with zero attached hydrogens (tertiary/aromatic N) is 4. The maximum atomic E-state index is 9.04. The maximum absolute atomic E-state index is 9.04. The summed E-state index contributed by atoms with van der Waals surface area (Å²) in [5.74, 6) is 0.775. The molecule has 2 aromatic heterocycles. The zero-order valence-electron chi connectivity index (χ0n) is 12.1. The van der Waals surface area contributed by atoms with Crippen molar-refractivity contribution in [2.75, 3.05) is 11.9 Å². The highest BCUT2D eigenvalue weighted by atomic mass is 79.9. The number of aromatic nitrogens is 4. The Morgan fingerprint density at radius 2 is 1.91 bits per heavy atom. The normalized spacial score (nSPS) is 11.0. The monoisotopic (exact) mass is 361 g/mol. The Kier molecular flexibility index (Phi) is 4.35. The number of benzene rings is 1. The quantitative estimate of drug-likeness (QED) is 0.728. The van der Waals surface area contributed by atoms with Crippen LogP contribution in [0, 0.1) is 0 Å². The molecule has 6 nitrogen and oxygen atoms in total. The van der Waals surface area contributed by atoms with Gasteiger partial charge in [-0.2, -0.15) is 5.10 Å². The van der Waals surface area contributed by atoms with Crippen LogP contribution in [0.25, 0.3) is 11.0 Å². The summed E-state index contributed by atoms with van der Waals surface area (Å²) in [6.07, 6.45) is 2.41. The third kappa shape index (κ3) is 2.95. The number of aliphatic hydroxyl groups is 1. The van der Waals surface area contributed by atoms with Crippen molar-refractivity contribution < 1.29 is 5.11 Å². The van der Waals surface area contributed by atoms with Gasteiger partial charge in [0.15, 0.2) is 5.65 Å². The van der Waals surface area contributed by atoms with E-state index in [1.165, 1.54) is 11.9 Å². The number of hydrogen-bond donors (Lipinski definition) is 2. The number of anilines is 1. The predicted octanol–water partition coefficient (Wildman–Crippen LogP) is 2.27. The number of aryl methyl sites for hydroxylation is 1. The van der Waals surface area contributed by atoms with Crippen LogP contribution in [0.3, 0.4) is 0 Å². The lowest BCUT2D eigenvalue weighted by Crippen LogP contribution is -2.07. The molecule has 3 aromatic rings. The first-order chi connectivity index (χ1) is 10.7. The molecule has 114 valence electrons. The van der Waals surface area contributed by atoms with E-state index in [1.807, 2.05) is 31.3 Å². The average molecular weight is 362 g/mol. The summed E-state index contributed by atoms with van der Waals surface area (Å²) in [6, 6.07) is 7.94.